The second kappa shape index (κ2) is 5.59. The van der Waals surface area contributed by atoms with E-state index >= 15 is 0 Å². The highest BCUT2D eigenvalue weighted by Crippen LogP contribution is 2.14. The van der Waals surface area contributed by atoms with Crippen LogP contribution in [0, 0.1) is 0 Å². The van der Waals surface area contributed by atoms with Crippen molar-refractivity contribution in [3.05, 3.63) is 0 Å². The molecule has 15 heavy (non-hydrogen) atoms. The molecule has 1 rings (SSSR count). The van der Waals surface area contributed by atoms with Crippen LogP contribution in [0.15, 0.2) is 0 Å². The second-order valence-electron chi connectivity index (χ2n) is 3.07. The lowest BCUT2D eigenvalue weighted by Crippen LogP contribution is -2.07. The quantitative estimate of drug-likeness (QED) is 0.658. The minimum atomic E-state index is 0.470. The summed E-state index contributed by atoms with van der Waals surface area (Å²) >= 11 is 1.56. The lowest BCUT2D eigenvalue weighted by molar-refractivity contribution is 1.05. The summed E-state index contributed by atoms with van der Waals surface area (Å²) in [5, 5.41) is 6.23. The number of anilines is 3. The van der Waals surface area contributed by atoms with E-state index in [9.17, 15) is 0 Å². The van der Waals surface area contributed by atoms with Gasteiger partial charge in [-0.15, -0.1) is 0 Å². The van der Waals surface area contributed by atoms with Gasteiger partial charge in [-0.25, -0.2) is 0 Å². The van der Waals surface area contributed by atoms with Gasteiger partial charge in [0.15, 0.2) is 0 Å². The molecule has 84 valence electrons. The van der Waals surface area contributed by atoms with E-state index in [2.05, 4.69) is 44.2 Å². The Hall–Kier alpha value is -1.24. The molecule has 0 spiro atoms. The van der Waals surface area contributed by atoms with Crippen molar-refractivity contribution in [3.63, 3.8) is 0 Å². The van der Waals surface area contributed by atoms with E-state index in [0.29, 0.717) is 23.1 Å². The maximum absolute atomic E-state index is 4.17. The molecule has 1 aromatic heterocycles. The minimum absolute atomic E-state index is 0.470. The molecular formula is C8H16N6S. The third-order valence-electron chi connectivity index (χ3n) is 1.47. The van der Waals surface area contributed by atoms with Crippen molar-refractivity contribution in [2.24, 2.45) is 0 Å². The predicted molar refractivity (Wildman–Crippen MR) is 65.3 cm³/mol. The lowest BCUT2D eigenvalue weighted by atomic mass is 10.6. The third-order valence-corrected chi connectivity index (χ3v) is 2.24. The van der Waals surface area contributed by atoms with E-state index in [1.807, 2.05) is 0 Å². The molecular weight excluding hydrogens is 212 g/mol. The molecule has 0 aliphatic rings. The average Bonchev–Trinajstić information content (AvgIpc) is 2.25. The highest BCUT2D eigenvalue weighted by molar-refractivity contribution is 8.01. The number of hydrogen-bond donors (Lipinski definition) is 3. The molecule has 0 radical (unpaired) electrons. The van der Waals surface area contributed by atoms with Crippen LogP contribution in [0.5, 0.6) is 0 Å². The van der Waals surface area contributed by atoms with E-state index < -0.39 is 0 Å². The Kier molecular flexibility index (Phi) is 4.41. The molecule has 6 nitrogen and oxygen atoms in total. The van der Waals surface area contributed by atoms with Gasteiger partial charge in [-0.1, -0.05) is 13.8 Å². The predicted octanol–water partition coefficient (Wildman–Crippen LogP) is 1.42. The fourth-order valence-corrected chi connectivity index (χ4v) is 1.25. The summed E-state index contributed by atoms with van der Waals surface area (Å²) in [5.74, 6) is 1.64. The largest absolute Gasteiger partial charge is 0.357 e. The van der Waals surface area contributed by atoms with Crippen LogP contribution in [-0.4, -0.2) is 34.3 Å². The topological polar surface area (TPSA) is 74.8 Å². The number of aromatic nitrogens is 3. The molecule has 1 heterocycles. The summed E-state index contributed by atoms with van der Waals surface area (Å²) in [6.07, 6.45) is 0. The van der Waals surface area contributed by atoms with Crippen LogP contribution < -0.4 is 15.4 Å². The summed E-state index contributed by atoms with van der Waals surface area (Å²) in [5.41, 5.74) is 0. The maximum Gasteiger partial charge on any atom is 0.239 e. The standard InChI is InChI=1S/C8H16N6S/c1-5(2)15-14-8-12-6(9-3)11-7(10-4)13-8/h5H,1-4H3,(H3,9,10,11,12,13,14). The second-order valence-corrected chi connectivity index (χ2v) is 4.46. The summed E-state index contributed by atoms with van der Waals surface area (Å²) in [7, 11) is 3.54. The fourth-order valence-electron chi connectivity index (χ4n) is 0.816. The molecule has 0 atom stereocenters. The highest BCUT2D eigenvalue weighted by atomic mass is 32.2. The molecule has 0 aromatic carbocycles. The zero-order valence-corrected chi connectivity index (χ0v) is 10.1. The molecule has 0 saturated carbocycles. The molecule has 0 aliphatic heterocycles. The van der Waals surface area contributed by atoms with E-state index in [-0.39, 0.29) is 0 Å². The number of nitrogens with one attached hydrogen (secondary N) is 3. The first kappa shape index (κ1) is 11.8. The van der Waals surface area contributed by atoms with Gasteiger partial charge in [0.05, 0.1) is 0 Å². The Morgan fingerprint density at radius 1 is 0.933 bits per heavy atom. The van der Waals surface area contributed by atoms with Crippen LogP contribution in [-0.2, 0) is 0 Å². The van der Waals surface area contributed by atoms with E-state index in [1.165, 1.54) is 0 Å². The van der Waals surface area contributed by atoms with Crippen LogP contribution in [0.25, 0.3) is 0 Å². The first-order chi connectivity index (χ1) is 7.15. The molecule has 0 saturated heterocycles. The number of rotatable bonds is 5. The van der Waals surface area contributed by atoms with Crippen molar-refractivity contribution in [2.45, 2.75) is 19.1 Å². The first-order valence-electron chi connectivity index (χ1n) is 4.69. The van der Waals surface area contributed by atoms with E-state index in [1.54, 1.807) is 26.0 Å². The smallest absolute Gasteiger partial charge is 0.239 e. The van der Waals surface area contributed by atoms with Gasteiger partial charge in [0.1, 0.15) is 0 Å². The molecule has 0 fully saturated rings. The van der Waals surface area contributed by atoms with E-state index in [4.69, 9.17) is 0 Å². The summed E-state index contributed by atoms with van der Waals surface area (Å²) in [6, 6.07) is 0. The SMILES string of the molecule is CNc1nc(NC)nc(NSC(C)C)n1. The van der Waals surface area contributed by atoms with Gasteiger partial charge < -0.3 is 10.6 Å². The van der Waals surface area contributed by atoms with E-state index in [0.717, 1.165) is 0 Å². The van der Waals surface area contributed by atoms with Crippen molar-refractivity contribution in [1.82, 2.24) is 15.0 Å². The molecule has 0 amide bonds. The maximum atomic E-state index is 4.17. The van der Waals surface area contributed by atoms with Gasteiger partial charge in [-0.05, 0) is 11.9 Å². The highest BCUT2D eigenvalue weighted by Gasteiger charge is 2.04. The van der Waals surface area contributed by atoms with Crippen molar-refractivity contribution in [2.75, 3.05) is 29.5 Å². The summed E-state index contributed by atoms with van der Waals surface area (Å²) in [4.78, 5) is 12.4. The minimum Gasteiger partial charge on any atom is -0.357 e. The van der Waals surface area contributed by atoms with Crippen LogP contribution in [0.3, 0.4) is 0 Å². The normalized spacial score (nSPS) is 10.2. The van der Waals surface area contributed by atoms with Gasteiger partial charge in [0.25, 0.3) is 0 Å². The van der Waals surface area contributed by atoms with Gasteiger partial charge in [0.2, 0.25) is 17.8 Å². The first-order valence-corrected chi connectivity index (χ1v) is 5.57. The zero-order valence-electron chi connectivity index (χ0n) is 9.33. The van der Waals surface area contributed by atoms with Crippen LogP contribution in [0.4, 0.5) is 17.8 Å². The Morgan fingerprint density at radius 3 is 1.80 bits per heavy atom. The monoisotopic (exact) mass is 228 g/mol. The summed E-state index contributed by atoms with van der Waals surface area (Å²) < 4.78 is 3.07. The summed E-state index contributed by atoms with van der Waals surface area (Å²) in [6.45, 7) is 4.19. The molecule has 0 unspecified atom stereocenters. The lowest BCUT2D eigenvalue weighted by Gasteiger charge is -2.08. The molecule has 0 aliphatic carbocycles. The van der Waals surface area contributed by atoms with Crippen molar-refractivity contribution < 1.29 is 0 Å². The average molecular weight is 228 g/mol. The Morgan fingerprint density at radius 2 is 1.40 bits per heavy atom. The van der Waals surface area contributed by atoms with Crippen molar-refractivity contribution >= 4 is 29.8 Å². The van der Waals surface area contributed by atoms with Crippen LogP contribution >= 0.6 is 11.9 Å². The molecule has 0 bridgehead atoms. The number of nitrogens with zero attached hydrogens (tertiary/aromatic N) is 3. The third kappa shape index (κ3) is 3.78. The Bertz CT molecular complexity index is 294. The Balaban J connectivity index is 2.77. The van der Waals surface area contributed by atoms with Crippen molar-refractivity contribution in [3.8, 4) is 0 Å². The number of hydrogen-bond acceptors (Lipinski definition) is 7. The molecule has 3 N–H and O–H groups in total. The van der Waals surface area contributed by atoms with Crippen LogP contribution in [0.1, 0.15) is 13.8 Å². The van der Waals surface area contributed by atoms with Gasteiger partial charge in [-0.2, -0.15) is 15.0 Å². The molecule has 1 aromatic rings. The fraction of sp³-hybridized carbons (Fsp3) is 0.625. The van der Waals surface area contributed by atoms with Crippen LogP contribution in [0.2, 0.25) is 0 Å². The van der Waals surface area contributed by atoms with Gasteiger partial charge >= 0.3 is 0 Å². The van der Waals surface area contributed by atoms with Crippen molar-refractivity contribution in [1.29, 1.82) is 0 Å². The molecule has 7 heteroatoms. The van der Waals surface area contributed by atoms with Gasteiger partial charge in [-0.3, -0.25) is 4.72 Å². The Labute approximate surface area is 93.8 Å². The van der Waals surface area contributed by atoms with Gasteiger partial charge in [0, 0.05) is 19.3 Å². The zero-order chi connectivity index (χ0) is 11.3.